The molecule has 100 valence electrons. The number of esters is 1. The first-order valence-corrected chi connectivity index (χ1v) is 7.42. The zero-order chi connectivity index (χ0) is 13.7. The Hall–Kier alpha value is -0.460. The number of methoxy groups -OCH3 is 1. The molecule has 0 radical (unpaired) electrons. The number of anilines is 1. The van der Waals surface area contributed by atoms with E-state index in [9.17, 15) is 9.18 Å². The first-order chi connectivity index (χ1) is 8.49. The Morgan fingerprint density at radius 2 is 2.33 bits per heavy atom. The van der Waals surface area contributed by atoms with Crippen molar-refractivity contribution in [3.05, 3.63) is 23.0 Å². The summed E-state index contributed by atoms with van der Waals surface area (Å²) in [7, 11) is 1.32. The third-order valence-corrected chi connectivity index (χ3v) is 4.34. The Labute approximate surface area is 122 Å². The number of hydrogen-bond donors (Lipinski definition) is 1. The van der Waals surface area contributed by atoms with E-state index in [4.69, 9.17) is 22.1 Å². The fourth-order valence-electron chi connectivity index (χ4n) is 1.24. The number of nitrogen functional groups attached to an aromatic ring is 1. The van der Waals surface area contributed by atoms with E-state index in [-0.39, 0.29) is 16.7 Å². The molecule has 0 bridgehead atoms. The van der Waals surface area contributed by atoms with Crippen LogP contribution in [-0.2, 0) is 9.53 Å². The minimum absolute atomic E-state index is 0.00404. The van der Waals surface area contributed by atoms with Crippen LogP contribution in [0.4, 0.5) is 10.1 Å². The molecule has 0 heterocycles. The van der Waals surface area contributed by atoms with Gasteiger partial charge < -0.3 is 10.5 Å². The predicted molar refractivity (Wildman–Crippen MR) is 75.9 cm³/mol. The van der Waals surface area contributed by atoms with Gasteiger partial charge in [0.2, 0.25) is 0 Å². The number of rotatable bonds is 5. The molecule has 2 N–H and O–H groups in total. The van der Waals surface area contributed by atoms with Crippen molar-refractivity contribution < 1.29 is 13.9 Å². The van der Waals surface area contributed by atoms with Gasteiger partial charge in [0.15, 0.2) is 0 Å². The van der Waals surface area contributed by atoms with Crippen LogP contribution in [-0.4, -0.2) is 23.7 Å². The van der Waals surface area contributed by atoms with Crippen molar-refractivity contribution in [2.45, 2.75) is 16.6 Å². The molecule has 1 rings (SSSR count). The number of hydrogen-bond acceptors (Lipinski definition) is 4. The molecule has 18 heavy (non-hydrogen) atoms. The second kappa shape index (κ2) is 7.21. The standard InChI is InChI=1S/C11H12BrClFNO2S/c1-17-11(16)9(2-3-12)18-10-5-8(15)7(14)4-6(10)13/h4-5,9H,2-3,15H2,1H3. The number of thioether (sulfide) groups is 1. The van der Waals surface area contributed by atoms with Gasteiger partial charge in [-0.3, -0.25) is 4.79 Å². The van der Waals surface area contributed by atoms with Crippen molar-refractivity contribution in [3.8, 4) is 0 Å². The topological polar surface area (TPSA) is 52.3 Å². The van der Waals surface area contributed by atoms with Crippen LogP contribution in [0.25, 0.3) is 0 Å². The second-order valence-electron chi connectivity index (χ2n) is 3.41. The average Bonchev–Trinajstić information content (AvgIpc) is 2.34. The van der Waals surface area contributed by atoms with Crippen molar-refractivity contribution in [1.29, 1.82) is 0 Å². The van der Waals surface area contributed by atoms with E-state index in [1.807, 2.05) is 0 Å². The summed E-state index contributed by atoms with van der Waals surface area (Å²) in [5.41, 5.74) is 5.48. The zero-order valence-corrected chi connectivity index (χ0v) is 12.7. The van der Waals surface area contributed by atoms with Crippen LogP contribution in [0.15, 0.2) is 17.0 Å². The highest BCUT2D eigenvalue weighted by molar-refractivity contribution is 9.09. The first kappa shape index (κ1) is 15.6. The molecule has 0 saturated carbocycles. The van der Waals surface area contributed by atoms with E-state index >= 15 is 0 Å². The summed E-state index contributed by atoms with van der Waals surface area (Å²) < 4.78 is 17.9. The van der Waals surface area contributed by atoms with Crippen LogP contribution in [0.1, 0.15) is 6.42 Å². The van der Waals surface area contributed by atoms with Gasteiger partial charge in [-0.25, -0.2) is 4.39 Å². The molecule has 1 atom stereocenters. The number of nitrogens with two attached hydrogens (primary N) is 1. The van der Waals surface area contributed by atoms with Crippen molar-refractivity contribution >= 4 is 50.9 Å². The third kappa shape index (κ3) is 4.03. The van der Waals surface area contributed by atoms with E-state index in [0.717, 1.165) is 6.07 Å². The molecule has 1 aromatic rings. The molecule has 0 saturated heterocycles. The van der Waals surface area contributed by atoms with Crippen LogP contribution in [0, 0.1) is 5.82 Å². The smallest absolute Gasteiger partial charge is 0.319 e. The zero-order valence-electron chi connectivity index (χ0n) is 9.58. The van der Waals surface area contributed by atoms with Crippen LogP contribution in [0.2, 0.25) is 5.02 Å². The predicted octanol–water partition coefficient (Wildman–Crippen LogP) is 3.48. The highest BCUT2D eigenvalue weighted by Gasteiger charge is 2.21. The Morgan fingerprint density at radius 1 is 1.67 bits per heavy atom. The lowest BCUT2D eigenvalue weighted by Crippen LogP contribution is -2.19. The lowest BCUT2D eigenvalue weighted by Gasteiger charge is -2.14. The third-order valence-electron chi connectivity index (χ3n) is 2.16. The average molecular weight is 357 g/mol. The largest absolute Gasteiger partial charge is 0.468 e. The monoisotopic (exact) mass is 355 g/mol. The summed E-state index contributed by atoms with van der Waals surface area (Å²) in [5.74, 6) is -0.919. The Balaban J connectivity index is 2.93. The number of carbonyl (C=O) groups excluding carboxylic acids is 1. The molecule has 1 aromatic carbocycles. The highest BCUT2D eigenvalue weighted by atomic mass is 79.9. The lowest BCUT2D eigenvalue weighted by molar-refractivity contribution is -0.139. The summed E-state index contributed by atoms with van der Waals surface area (Å²) in [6, 6.07) is 2.56. The molecule has 0 fully saturated rings. The van der Waals surface area contributed by atoms with Gasteiger partial charge in [0.1, 0.15) is 11.1 Å². The van der Waals surface area contributed by atoms with Crippen molar-refractivity contribution in [3.63, 3.8) is 0 Å². The van der Waals surface area contributed by atoms with Crippen LogP contribution in [0.3, 0.4) is 0 Å². The molecule has 0 spiro atoms. The second-order valence-corrected chi connectivity index (χ2v) is 5.86. The Bertz CT molecular complexity index is 447. The van der Waals surface area contributed by atoms with E-state index in [0.29, 0.717) is 16.6 Å². The molecular formula is C11H12BrClFNO2S. The van der Waals surface area contributed by atoms with E-state index < -0.39 is 11.1 Å². The first-order valence-electron chi connectivity index (χ1n) is 5.04. The number of carbonyl (C=O) groups is 1. The number of benzene rings is 1. The van der Waals surface area contributed by atoms with Gasteiger partial charge >= 0.3 is 5.97 Å². The SMILES string of the molecule is COC(=O)C(CCBr)Sc1cc(N)c(F)cc1Cl. The number of alkyl halides is 1. The maximum absolute atomic E-state index is 13.2. The quantitative estimate of drug-likeness (QED) is 0.380. The molecule has 3 nitrogen and oxygen atoms in total. The van der Waals surface area contributed by atoms with Crippen molar-refractivity contribution in [1.82, 2.24) is 0 Å². The van der Waals surface area contributed by atoms with Gasteiger partial charge in [-0.1, -0.05) is 27.5 Å². The van der Waals surface area contributed by atoms with Gasteiger partial charge in [-0.15, -0.1) is 11.8 Å². The van der Waals surface area contributed by atoms with Crippen molar-refractivity contribution in [2.75, 3.05) is 18.2 Å². The van der Waals surface area contributed by atoms with Crippen LogP contribution < -0.4 is 5.73 Å². The van der Waals surface area contributed by atoms with E-state index in [1.165, 1.54) is 24.9 Å². The van der Waals surface area contributed by atoms with E-state index in [1.54, 1.807) is 0 Å². The van der Waals surface area contributed by atoms with E-state index in [2.05, 4.69) is 15.9 Å². The van der Waals surface area contributed by atoms with Crippen LogP contribution >= 0.6 is 39.3 Å². The van der Waals surface area contributed by atoms with Gasteiger partial charge in [0.05, 0.1) is 17.8 Å². The molecule has 0 aliphatic carbocycles. The van der Waals surface area contributed by atoms with Crippen LogP contribution in [0.5, 0.6) is 0 Å². The normalized spacial score (nSPS) is 12.2. The lowest BCUT2D eigenvalue weighted by atomic mass is 10.3. The fraction of sp³-hybridized carbons (Fsp3) is 0.364. The maximum Gasteiger partial charge on any atom is 0.319 e. The summed E-state index contributed by atoms with van der Waals surface area (Å²) in [6.45, 7) is 0. The molecule has 0 aromatic heterocycles. The van der Waals surface area contributed by atoms with Gasteiger partial charge in [-0.05, 0) is 18.6 Å². The number of halogens is 3. The molecule has 0 aliphatic heterocycles. The summed E-state index contributed by atoms with van der Waals surface area (Å²) >= 11 is 10.4. The highest BCUT2D eigenvalue weighted by Crippen LogP contribution is 2.35. The molecule has 7 heteroatoms. The Morgan fingerprint density at radius 3 is 2.89 bits per heavy atom. The summed E-state index contributed by atoms with van der Waals surface area (Å²) in [6.07, 6.45) is 0.574. The molecular weight excluding hydrogens is 345 g/mol. The van der Waals surface area contributed by atoms with Crippen molar-refractivity contribution in [2.24, 2.45) is 0 Å². The number of ether oxygens (including phenoxy) is 1. The molecule has 1 unspecified atom stereocenters. The maximum atomic E-state index is 13.2. The minimum atomic E-state index is -0.570. The van der Waals surface area contributed by atoms with Gasteiger partial charge in [-0.2, -0.15) is 0 Å². The summed E-state index contributed by atoms with van der Waals surface area (Å²) in [5, 5.41) is 0.473. The van der Waals surface area contributed by atoms with Gasteiger partial charge in [0, 0.05) is 10.2 Å². The molecule has 0 aliphatic rings. The Kier molecular flexibility index (Phi) is 6.25. The summed E-state index contributed by atoms with van der Waals surface area (Å²) in [4.78, 5) is 12.1. The fourth-order valence-corrected chi connectivity index (χ4v) is 3.39. The molecule has 0 amide bonds. The minimum Gasteiger partial charge on any atom is -0.468 e. The van der Waals surface area contributed by atoms with Gasteiger partial charge in [0.25, 0.3) is 0 Å².